The molecule has 1 saturated heterocycles. The molecule has 2 aromatic carbocycles. The molecule has 6 atom stereocenters. The molecule has 0 bridgehead atoms. The maximum Gasteiger partial charge on any atom is 0.456 e. The van der Waals surface area contributed by atoms with Crippen molar-refractivity contribution in [2.75, 3.05) is 25.1 Å². The van der Waals surface area contributed by atoms with E-state index in [0.29, 0.717) is 49.3 Å². The third kappa shape index (κ3) is 6.53. The number of benzene rings is 2. The van der Waals surface area contributed by atoms with Crippen molar-refractivity contribution >= 4 is 11.8 Å². The number of fused-ring (bicyclic) bond motifs is 4. The van der Waals surface area contributed by atoms with Crippen molar-refractivity contribution in [1.29, 1.82) is 0 Å². The number of halogens is 5. The number of hydrogen-bond donors (Lipinski definition) is 3. The molecule has 1 aliphatic heterocycles. The zero-order valence-corrected chi connectivity index (χ0v) is 31.0. The third-order valence-corrected chi connectivity index (χ3v) is 13.0. The molecule has 3 saturated carbocycles. The molecule has 7 nitrogen and oxygen atoms in total. The predicted octanol–water partition coefficient (Wildman–Crippen LogP) is 8.82. The Morgan fingerprint density at radius 3 is 2.26 bits per heavy atom. The molecule has 4 aliphatic carbocycles. The highest BCUT2D eigenvalue weighted by molar-refractivity contribution is 5.84. The highest BCUT2D eigenvalue weighted by atomic mass is 19.4. The van der Waals surface area contributed by atoms with Crippen LogP contribution in [0.15, 0.2) is 59.7 Å². The lowest BCUT2D eigenvalue weighted by Crippen LogP contribution is -2.65. The van der Waals surface area contributed by atoms with E-state index in [4.69, 9.17) is 14.2 Å². The van der Waals surface area contributed by atoms with Gasteiger partial charge in [-0.05, 0) is 92.7 Å². The minimum absolute atomic E-state index is 0.0101. The first-order valence-corrected chi connectivity index (χ1v) is 18.7. The first-order valence-electron chi connectivity index (χ1n) is 18.7. The van der Waals surface area contributed by atoms with E-state index in [1.54, 1.807) is 36.4 Å². The quantitative estimate of drug-likeness (QED) is 0.164. The first kappa shape index (κ1) is 38.8. The normalized spacial score (nSPS) is 32.8. The summed E-state index contributed by atoms with van der Waals surface area (Å²) in [4.78, 5) is 12.2. The second kappa shape index (κ2) is 13.3. The van der Waals surface area contributed by atoms with Crippen molar-refractivity contribution in [2.24, 2.45) is 22.7 Å². The fourth-order valence-corrected chi connectivity index (χ4v) is 10.1. The van der Waals surface area contributed by atoms with E-state index in [9.17, 15) is 28.2 Å². The molecule has 54 heavy (non-hydrogen) atoms. The van der Waals surface area contributed by atoms with Gasteiger partial charge in [-0.25, -0.2) is 4.79 Å². The third-order valence-electron chi connectivity index (χ3n) is 13.0. The number of alkyl halides is 5. The number of carbonyl (C=O) groups is 1. The number of rotatable bonds is 4. The van der Waals surface area contributed by atoms with E-state index in [1.165, 1.54) is 6.92 Å². The summed E-state index contributed by atoms with van der Waals surface area (Å²) in [6.45, 7) is 8.17. The van der Waals surface area contributed by atoms with Crippen molar-refractivity contribution in [3.05, 3.63) is 76.4 Å². The van der Waals surface area contributed by atoms with E-state index < -0.39 is 64.8 Å². The summed E-state index contributed by atoms with van der Waals surface area (Å²) in [6, 6.07) is 14.2. The highest BCUT2D eigenvalue weighted by Gasteiger charge is 2.79. The summed E-state index contributed by atoms with van der Waals surface area (Å²) in [6.07, 6.45) is -5.69. The molecular weight excluding hydrogens is 709 g/mol. The van der Waals surface area contributed by atoms with Crippen LogP contribution in [0.25, 0.3) is 0 Å². The van der Waals surface area contributed by atoms with Crippen molar-refractivity contribution in [3.8, 4) is 11.8 Å². The molecule has 3 N–H and O–H groups in total. The number of carbonyl (C=O) groups excluding carboxylic acids is 1. The van der Waals surface area contributed by atoms with Gasteiger partial charge in [0.05, 0.1) is 18.8 Å². The summed E-state index contributed by atoms with van der Waals surface area (Å²) >= 11 is 0. The fourth-order valence-electron chi connectivity index (χ4n) is 10.1. The molecule has 2 aromatic rings. The van der Waals surface area contributed by atoms with Crippen LogP contribution in [-0.4, -0.2) is 65.2 Å². The van der Waals surface area contributed by atoms with Crippen LogP contribution in [0.2, 0.25) is 0 Å². The van der Waals surface area contributed by atoms with Crippen molar-refractivity contribution in [1.82, 2.24) is 0 Å². The second-order valence-corrected chi connectivity index (χ2v) is 17.2. The van der Waals surface area contributed by atoms with Gasteiger partial charge in [0, 0.05) is 40.8 Å². The number of aliphatic hydroxyl groups is 2. The van der Waals surface area contributed by atoms with Crippen molar-refractivity contribution < 1.29 is 51.2 Å². The second-order valence-electron chi connectivity index (χ2n) is 17.2. The average molecular weight is 758 g/mol. The number of ether oxygens (including phenoxy) is 3. The van der Waals surface area contributed by atoms with Crippen LogP contribution in [0.3, 0.4) is 0 Å². The molecule has 0 radical (unpaired) electrons. The molecule has 1 heterocycles. The van der Waals surface area contributed by atoms with Crippen LogP contribution in [0.1, 0.15) is 94.7 Å². The molecular formula is C42H48F5NO6. The Labute approximate surface area is 312 Å². The Morgan fingerprint density at radius 2 is 1.61 bits per heavy atom. The molecule has 12 heteroatoms. The molecule has 1 spiro atoms. The van der Waals surface area contributed by atoms with Crippen LogP contribution in [0.4, 0.5) is 32.4 Å². The van der Waals surface area contributed by atoms with Crippen molar-refractivity contribution in [2.45, 2.75) is 114 Å². The molecule has 4 fully saturated rings. The van der Waals surface area contributed by atoms with E-state index >= 15 is 8.78 Å². The van der Waals surface area contributed by atoms with Crippen LogP contribution < -0.4 is 5.32 Å². The lowest BCUT2D eigenvalue weighted by atomic mass is 9.49. The van der Waals surface area contributed by atoms with Crippen LogP contribution >= 0.6 is 0 Å². The highest BCUT2D eigenvalue weighted by Crippen LogP contribution is 2.71. The Morgan fingerprint density at radius 1 is 0.944 bits per heavy atom. The Bertz CT molecular complexity index is 1850. The van der Waals surface area contributed by atoms with E-state index in [2.05, 4.69) is 17.2 Å². The topological polar surface area (TPSA) is 97.3 Å². The molecule has 3 unspecified atom stereocenters. The van der Waals surface area contributed by atoms with Crippen LogP contribution in [0.5, 0.6) is 0 Å². The zero-order chi connectivity index (χ0) is 39.0. The Hall–Kier alpha value is -3.50. The summed E-state index contributed by atoms with van der Waals surface area (Å²) in [5.41, 5.74) is -2.04. The number of anilines is 1. The van der Waals surface area contributed by atoms with E-state index in [-0.39, 0.29) is 37.7 Å². The first-order chi connectivity index (χ1) is 25.2. The summed E-state index contributed by atoms with van der Waals surface area (Å²) < 4.78 is 90.7. The molecule has 292 valence electrons. The number of hydrogen-bond acceptors (Lipinski definition) is 6. The van der Waals surface area contributed by atoms with Gasteiger partial charge >= 0.3 is 18.2 Å². The Kier molecular flexibility index (Phi) is 9.56. The summed E-state index contributed by atoms with van der Waals surface area (Å²) in [7, 11) is 0. The number of amides is 1. The smallest absolute Gasteiger partial charge is 0.436 e. The van der Waals surface area contributed by atoms with Gasteiger partial charge in [-0.15, -0.1) is 0 Å². The molecule has 5 aliphatic rings. The van der Waals surface area contributed by atoms with Crippen LogP contribution in [-0.2, 0) is 14.2 Å². The SMILES string of the molecule is Cc1ccc(NC(=O)OCC#Cc2ccc([C@H]3C[C@@]4(C)C(CC[C@@]4(O)C(F)(F)C(F)(F)F)C4CCC5(O)CC6(CCC5=C43)OCC(C)(C)CO6)cc2)cc1. The van der Waals surface area contributed by atoms with Gasteiger partial charge in [-0.3, -0.25) is 5.32 Å². The minimum Gasteiger partial charge on any atom is -0.436 e. The fraction of sp³-hybridized carbons (Fsp3) is 0.595. The predicted molar refractivity (Wildman–Crippen MR) is 191 cm³/mol. The van der Waals surface area contributed by atoms with Crippen molar-refractivity contribution in [3.63, 3.8) is 0 Å². The largest absolute Gasteiger partial charge is 0.456 e. The Balaban J connectivity index is 1.19. The maximum atomic E-state index is 15.4. The lowest BCUT2D eigenvalue weighted by molar-refractivity contribution is -0.362. The van der Waals surface area contributed by atoms with Gasteiger partial charge in [0.25, 0.3) is 0 Å². The summed E-state index contributed by atoms with van der Waals surface area (Å²) in [5, 5.41) is 26.6. The average Bonchev–Trinajstić information content (AvgIpc) is 3.39. The monoisotopic (exact) mass is 757 g/mol. The van der Waals surface area contributed by atoms with Gasteiger partial charge in [-0.1, -0.05) is 68.0 Å². The zero-order valence-electron chi connectivity index (χ0n) is 31.0. The van der Waals surface area contributed by atoms with E-state index in [1.807, 2.05) is 32.9 Å². The van der Waals surface area contributed by atoms with Crippen LogP contribution in [0, 0.1) is 41.4 Å². The van der Waals surface area contributed by atoms with Gasteiger partial charge in [0.1, 0.15) is 5.60 Å². The summed E-state index contributed by atoms with van der Waals surface area (Å²) in [5.74, 6) is -2.25. The lowest BCUT2D eigenvalue weighted by Gasteiger charge is -2.59. The van der Waals surface area contributed by atoms with Gasteiger partial charge < -0.3 is 24.4 Å². The number of nitrogens with one attached hydrogen (secondary N) is 1. The van der Waals surface area contributed by atoms with Gasteiger partial charge in [0.2, 0.25) is 0 Å². The van der Waals surface area contributed by atoms with E-state index in [0.717, 1.165) is 16.7 Å². The number of aryl methyl sites for hydroxylation is 1. The van der Waals surface area contributed by atoms with Gasteiger partial charge in [-0.2, -0.15) is 22.0 Å². The molecule has 0 aromatic heterocycles. The standard InChI is InChI=1S/C42H48F5NO6/c1-26-7-13-29(14-8-26)48-35(49)52-21-5-6-27-9-11-28(12-10-27)31-22-37(4)32(17-20-40(37,51)41(43,44)42(45,46)47)30-15-18-38(50)23-39(19-16-33(38)34(30)31)53-24-36(2,3)25-54-39/h7-14,30-32,50-51H,15-25H2,1-4H3,(H,48,49)/t30?,31-,32?,37+,38?,40+/m1/s1. The molecule has 7 rings (SSSR count). The molecule has 1 amide bonds. The van der Waals surface area contributed by atoms with Gasteiger partial charge in [0.15, 0.2) is 12.4 Å². The minimum atomic E-state index is -5.93. The number of allylic oxidation sites excluding steroid dienone is 1. The maximum absolute atomic E-state index is 15.4.